The maximum atomic E-state index is 5.25. The van der Waals surface area contributed by atoms with E-state index >= 15 is 0 Å². The van der Waals surface area contributed by atoms with Gasteiger partial charge in [0, 0.05) is 13.2 Å². The number of hydrogen-bond donors (Lipinski definition) is 1. The molecule has 0 aromatic heterocycles. The van der Waals surface area contributed by atoms with Gasteiger partial charge in [0.2, 0.25) is 0 Å². The summed E-state index contributed by atoms with van der Waals surface area (Å²) in [5.74, 6) is 1.01. The lowest BCUT2D eigenvalue weighted by Crippen LogP contribution is -2.18. The summed E-state index contributed by atoms with van der Waals surface area (Å²) in [6, 6.07) is 0. The van der Waals surface area contributed by atoms with Gasteiger partial charge in [0.15, 0.2) is 0 Å². The molecule has 0 spiro atoms. The Labute approximate surface area is 75.7 Å². The first-order chi connectivity index (χ1) is 5.93. The van der Waals surface area contributed by atoms with Crippen LogP contribution in [0, 0.1) is 5.92 Å². The summed E-state index contributed by atoms with van der Waals surface area (Å²) in [6.07, 6.45) is 5.36. The lowest BCUT2D eigenvalue weighted by Gasteiger charge is -2.03. The molecule has 2 nitrogen and oxygen atoms in total. The summed E-state index contributed by atoms with van der Waals surface area (Å²) < 4.78 is 5.25. The Morgan fingerprint density at radius 3 is 2.83 bits per heavy atom. The summed E-state index contributed by atoms with van der Waals surface area (Å²) in [4.78, 5) is 0. The fraction of sp³-hybridized carbons (Fsp3) is 1.00. The van der Waals surface area contributed by atoms with E-state index in [1.165, 1.54) is 38.8 Å². The highest BCUT2D eigenvalue weighted by Gasteiger charge is 2.19. The molecular formula is C10H21NO. The van der Waals surface area contributed by atoms with Gasteiger partial charge in [-0.1, -0.05) is 0 Å². The van der Waals surface area contributed by atoms with Crippen molar-refractivity contribution in [1.82, 2.24) is 5.32 Å². The van der Waals surface area contributed by atoms with Gasteiger partial charge in [0.05, 0.1) is 0 Å². The maximum absolute atomic E-state index is 5.25. The molecule has 0 aromatic carbocycles. The van der Waals surface area contributed by atoms with E-state index in [1.54, 1.807) is 0 Å². The molecule has 2 heteroatoms. The summed E-state index contributed by atoms with van der Waals surface area (Å²) >= 11 is 0. The first-order valence-corrected chi connectivity index (χ1v) is 5.22. The largest absolute Gasteiger partial charge is 0.382 e. The van der Waals surface area contributed by atoms with E-state index in [0.717, 1.165) is 19.1 Å². The molecule has 1 saturated carbocycles. The molecule has 0 amide bonds. The van der Waals surface area contributed by atoms with E-state index in [1.807, 2.05) is 6.92 Å². The summed E-state index contributed by atoms with van der Waals surface area (Å²) in [7, 11) is 0. The molecule has 0 bridgehead atoms. The van der Waals surface area contributed by atoms with Crippen LogP contribution in [-0.4, -0.2) is 26.3 Å². The highest BCUT2D eigenvalue weighted by atomic mass is 16.5. The van der Waals surface area contributed by atoms with Gasteiger partial charge in [0.25, 0.3) is 0 Å². The monoisotopic (exact) mass is 171 g/mol. The van der Waals surface area contributed by atoms with Crippen LogP contribution in [-0.2, 0) is 4.74 Å². The van der Waals surface area contributed by atoms with Crippen LogP contribution < -0.4 is 5.32 Å². The Balaban J connectivity index is 1.65. The molecule has 1 N–H and O–H groups in total. The third kappa shape index (κ3) is 5.56. The normalized spacial score (nSPS) is 16.8. The Morgan fingerprint density at radius 1 is 1.33 bits per heavy atom. The van der Waals surface area contributed by atoms with Crippen LogP contribution in [0.5, 0.6) is 0 Å². The zero-order valence-electron chi connectivity index (χ0n) is 8.14. The van der Waals surface area contributed by atoms with Gasteiger partial charge in [-0.25, -0.2) is 0 Å². The van der Waals surface area contributed by atoms with Crippen LogP contribution >= 0.6 is 0 Å². The van der Waals surface area contributed by atoms with Crippen molar-refractivity contribution in [3.63, 3.8) is 0 Å². The number of nitrogens with one attached hydrogen (secondary N) is 1. The smallest absolute Gasteiger partial charge is 0.0466 e. The molecule has 0 heterocycles. The Kier molecular flexibility index (Phi) is 5.37. The van der Waals surface area contributed by atoms with E-state index in [4.69, 9.17) is 4.74 Å². The Bertz CT molecular complexity index is 102. The fourth-order valence-electron chi connectivity index (χ4n) is 1.23. The minimum absolute atomic E-state index is 0.857. The lowest BCUT2D eigenvalue weighted by molar-refractivity contribution is 0.143. The third-order valence-electron chi connectivity index (χ3n) is 2.23. The van der Waals surface area contributed by atoms with E-state index in [9.17, 15) is 0 Å². The van der Waals surface area contributed by atoms with Crippen LogP contribution in [0.2, 0.25) is 0 Å². The van der Waals surface area contributed by atoms with Crippen molar-refractivity contribution in [2.75, 3.05) is 26.3 Å². The molecule has 0 aliphatic heterocycles. The van der Waals surface area contributed by atoms with Crippen molar-refractivity contribution in [3.05, 3.63) is 0 Å². The first kappa shape index (κ1) is 10.0. The van der Waals surface area contributed by atoms with Crippen molar-refractivity contribution >= 4 is 0 Å². The van der Waals surface area contributed by atoms with Gasteiger partial charge in [-0.3, -0.25) is 0 Å². The number of unbranched alkanes of at least 4 members (excludes halogenated alkanes) is 1. The third-order valence-corrected chi connectivity index (χ3v) is 2.23. The Morgan fingerprint density at radius 2 is 2.17 bits per heavy atom. The van der Waals surface area contributed by atoms with Gasteiger partial charge < -0.3 is 10.1 Å². The molecule has 1 fully saturated rings. The number of hydrogen-bond acceptors (Lipinski definition) is 2. The molecule has 1 aliphatic carbocycles. The molecule has 0 atom stereocenters. The SMILES string of the molecule is CCOCCCCNCC1CC1. The lowest BCUT2D eigenvalue weighted by atomic mass is 10.3. The van der Waals surface area contributed by atoms with Crippen LogP contribution in [0.4, 0.5) is 0 Å². The van der Waals surface area contributed by atoms with E-state index in [2.05, 4.69) is 5.32 Å². The van der Waals surface area contributed by atoms with Crippen LogP contribution in [0.3, 0.4) is 0 Å². The average molecular weight is 171 g/mol. The molecule has 1 aliphatic rings. The minimum atomic E-state index is 0.857. The highest BCUT2D eigenvalue weighted by molar-refractivity contribution is 4.74. The molecule has 0 aromatic rings. The number of rotatable bonds is 8. The van der Waals surface area contributed by atoms with Gasteiger partial charge in [0.1, 0.15) is 0 Å². The summed E-state index contributed by atoms with van der Waals surface area (Å²) in [5.41, 5.74) is 0. The molecule has 0 saturated heterocycles. The van der Waals surface area contributed by atoms with E-state index < -0.39 is 0 Å². The highest BCUT2D eigenvalue weighted by Crippen LogP contribution is 2.27. The van der Waals surface area contributed by atoms with Crippen molar-refractivity contribution in [1.29, 1.82) is 0 Å². The summed E-state index contributed by atoms with van der Waals surface area (Å²) in [6.45, 7) is 6.25. The van der Waals surface area contributed by atoms with E-state index in [0.29, 0.717) is 0 Å². The predicted molar refractivity (Wildman–Crippen MR) is 51.3 cm³/mol. The van der Waals surface area contributed by atoms with Crippen LogP contribution in [0.25, 0.3) is 0 Å². The zero-order chi connectivity index (χ0) is 8.65. The second kappa shape index (κ2) is 6.44. The summed E-state index contributed by atoms with van der Waals surface area (Å²) in [5, 5.41) is 3.47. The molecule has 12 heavy (non-hydrogen) atoms. The molecule has 0 radical (unpaired) electrons. The average Bonchev–Trinajstić information content (AvgIpc) is 2.87. The van der Waals surface area contributed by atoms with Gasteiger partial charge >= 0.3 is 0 Å². The van der Waals surface area contributed by atoms with Crippen molar-refractivity contribution in [3.8, 4) is 0 Å². The van der Waals surface area contributed by atoms with Gasteiger partial charge in [-0.15, -0.1) is 0 Å². The quantitative estimate of drug-likeness (QED) is 0.562. The minimum Gasteiger partial charge on any atom is -0.382 e. The maximum Gasteiger partial charge on any atom is 0.0466 e. The molecule has 72 valence electrons. The van der Waals surface area contributed by atoms with Crippen LogP contribution in [0.1, 0.15) is 32.6 Å². The van der Waals surface area contributed by atoms with E-state index in [-0.39, 0.29) is 0 Å². The topological polar surface area (TPSA) is 21.3 Å². The van der Waals surface area contributed by atoms with Crippen molar-refractivity contribution in [2.45, 2.75) is 32.6 Å². The Hall–Kier alpha value is -0.0800. The second-order valence-electron chi connectivity index (χ2n) is 3.55. The van der Waals surface area contributed by atoms with Gasteiger partial charge in [-0.05, 0) is 51.6 Å². The van der Waals surface area contributed by atoms with Crippen LogP contribution in [0.15, 0.2) is 0 Å². The zero-order valence-corrected chi connectivity index (χ0v) is 8.14. The molecule has 1 rings (SSSR count). The molecular weight excluding hydrogens is 150 g/mol. The predicted octanol–water partition coefficient (Wildman–Crippen LogP) is 1.80. The number of ether oxygens (including phenoxy) is 1. The van der Waals surface area contributed by atoms with Gasteiger partial charge in [-0.2, -0.15) is 0 Å². The molecule has 0 unspecified atom stereocenters. The van der Waals surface area contributed by atoms with Crippen molar-refractivity contribution < 1.29 is 4.74 Å². The standard InChI is InChI=1S/C10H21NO/c1-2-12-8-4-3-7-11-9-10-5-6-10/h10-11H,2-9H2,1H3. The van der Waals surface area contributed by atoms with Crippen molar-refractivity contribution in [2.24, 2.45) is 5.92 Å². The fourth-order valence-corrected chi connectivity index (χ4v) is 1.23. The second-order valence-corrected chi connectivity index (χ2v) is 3.55. The first-order valence-electron chi connectivity index (χ1n) is 5.22.